The number of ether oxygens (including phenoxy) is 1. The van der Waals surface area contributed by atoms with Crippen molar-refractivity contribution in [1.29, 1.82) is 0 Å². The van der Waals surface area contributed by atoms with Gasteiger partial charge in [0, 0.05) is 18.8 Å². The van der Waals surface area contributed by atoms with Crippen molar-refractivity contribution in [3.63, 3.8) is 0 Å². The minimum absolute atomic E-state index is 0.0933. The molecular formula is C19H25N3O4. The number of imide groups is 1. The average Bonchev–Trinajstić information content (AvgIpc) is 2.86. The monoisotopic (exact) mass is 359 g/mol. The molecule has 0 N–H and O–H groups in total. The molecule has 7 heteroatoms. The molecule has 140 valence electrons. The van der Waals surface area contributed by atoms with Crippen molar-refractivity contribution in [2.45, 2.75) is 32.7 Å². The number of aryl methyl sites for hydroxylation is 1. The minimum atomic E-state index is -0.516. The molecule has 2 fully saturated rings. The number of hydrogen-bond acceptors (Lipinski definition) is 5. The lowest BCUT2D eigenvalue weighted by Crippen LogP contribution is -2.46. The quantitative estimate of drug-likeness (QED) is 0.607. The van der Waals surface area contributed by atoms with Crippen molar-refractivity contribution in [2.75, 3.05) is 31.8 Å². The minimum Gasteiger partial charge on any atom is -0.469 e. The molecule has 0 radical (unpaired) electrons. The highest BCUT2D eigenvalue weighted by Gasteiger charge is 2.44. The van der Waals surface area contributed by atoms with Gasteiger partial charge in [-0.05, 0) is 38.8 Å². The van der Waals surface area contributed by atoms with Crippen LogP contribution in [0.5, 0.6) is 0 Å². The molecule has 3 amide bonds. The second kappa shape index (κ2) is 7.45. The van der Waals surface area contributed by atoms with Gasteiger partial charge in [0.25, 0.3) is 5.91 Å². The van der Waals surface area contributed by atoms with Gasteiger partial charge in [-0.25, -0.2) is 9.69 Å². The Hall–Kier alpha value is -2.41. The van der Waals surface area contributed by atoms with Gasteiger partial charge < -0.3 is 4.74 Å². The number of nitrogens with zero attached hydrogens (tertiary/aromatic N) is 3. The molecule has 7 nitrogen and oxygen atoms in total. The van der Waals surface area contributed by atoms with E-state index in [-0.39, 0.29) is 30.5 Å². The Morgan fingerprint density at radius 1 is 1.15 bits per heavy atom. The number of hydrogen-bond donors (Lipinski definition) is 0. The fourth-order valence-electron chi connectivity index (χ4n) is 3.57. The maximum Gasteiger partial charge on any atom is 0.333 e. The van der Waals surface area contributed by atoms with Crippen LogP contribution in [0.2, 0.25) is 0 Å². The van der Waals surface area contributed by atoms with Gasteiger partial charge in [0.2, 0.25) is 0 Å². The van der Waals surface area contributed by atoms with Crippen molar-refractivity contribution >= 4 is 23.6 Å². The highest BCUT2D eigenvalue weighted by Crippen LogP contribution is 2.27. The van der Waals surface area contributed by atoms with Crippen molar-refractivity contribution in [3.05, 3.63) is 29.8 Å². The maximum absolute atomic E-state index is 12.8. The van der Waals surface area contributed by atoms with Crippen LogP contribution in [0, 0.1) is 12.8 Å². The molecule has 0 spiro atoms. The van der Waals surface area contributed by atoms with Gasteiger partial charge in [0.05, 0.1) is 19.7 Å². The van der Waals surface area contributed by atoms with Crippen molar-refractivity contribution in [2.24, 2.45) is 5.92 Å². The molecule has 0 bridgehead atoms. The largest absolute Gasteiger partial charge is 0.469 e. The molecule has 2 aliphatic heterocycles. The number of esters is 1. The summed E-state index contributed by atoms with van der Waals surface area (Å²) < 4.78 is 4.80. The number of benzene rings is 1. The lowest BCUT2D eigenvalue weighted by molar-refractivity contribution is -0.147. The summed E-state index contributed by atoms with van der Waals surface area (Å²) in [5, 5.41) is 0. The van der Waals surface area contributed by atoms with E-state index in [1.807, 2.05) is 36.1 Å². The third-order valence-electron chi connectivity index (χ3n) is 5.22. The smallest absolute Gasteiger partial charge is 0.333 e. The predicted molar refractivity (Wildman–Crippen MR) is 96.5 cm³/mol. The van der Waals surface area contributed by atoms with Gasteiger partial charge in [-0.1, -0.05) is 17.7 Å². The molecule has 2 aliphatic rings. The Balaban J connectivity index is 1.66. The zero-order valence-corrected chi connectivity index (χ0v) is 15.5. The summed E-state index contributed by atoms with van der Waals surface area (Å²) in [5.74, 6) is -0.466. The van der Waals surface area contributed by atoms with E-state index in [1.165, 1.54) is 12.0 Å². The first kappa shape index (κ1) is 18.4. The number of carbonyl (C=O) groups is 3. The van der Waals surface area contributed by atoms with E-state index >= 15 is 0 Å². The van der Waals surface area contributed by atoms with Crippen LogP contribution in [-0.2, 0) is 14.3 Å². The molecular weight excluding hydrogens is 334 g/mol. The van der Waals surface area contributed by atoms with E-state index in [0.717, 1.165) is 11.3 Å². The van der Waals surface area contributed by atoms with Crippen molar-refractivity contribution < 1.29 is 19.1 Å². The first-order valence-corrected chi connectivity index (χ1v) is 8.93. The highest BCUT2D eigenvalue weighted by molar-refractivity contribution is 6.14. The summed E-state index contributed by atoms with van der Waals surface area (Å²) in [6.45, 7) is 5.32. The number of carbonyl (C=O) groups excluding carboxylic acids is 3. The molecule has 3 rings (SSSR count). The van der Waals surface area contributed by atoms with Crippen LogP contribution in [0.15, 0.2) is 24.3 Å². The Labute approximate surface area is 153 Å². The Kier molecular flexibility index (Phi) is 5.27. The first-order valence-electron chi connectivity index (χ1n) is 8.93. The summed E-state index contributed by atoms with van der Waals surface area (Å²) in [4.78, 5) is 42.0. The Bertz CT molecular complexity index is 695. The number of likely N-dealkylation sites (tertiary alicyclic amines) is 1. The van der Waals surface area contributed by atoms with E-state index in [2.05, 4.69) is 0 Å². The van der Waals surface area contributed by atoms with Crippen LogP contribution in [0.1, 0.15) is 25.3 Å². The third-order valence-corrected chi connectivity index (χ3v) is 5.22. The number of anilines is 1. The van der Waals surface area contributed by atoms with Crippen LogP contribution in [-0.4, -0.2) is 60.6 Å². The van der Waals surface area contributed by atoms with Gasteiger partial charge in [0.15, 0.2) is 0 Å². The highest BCUT2D eigenvalue weighted by atomic mass is 16.5. The fourth-order valence-corrected chi connectivity index (χ4v) is 3.57. The summed E-state index contributed by atoms with van der Waals surface area (Å²) in [7, 11) is 1.40. The Morgan fingerprint density at radius 3 is 2.35 bits per heavy atom. The van der Waals surface area contributed by atoms with Gasteiger partial charge in [-0.15, -0.1) is 0 Å². The van der Waals surface area contributed by atoms with E-state index in [0.29, 0.717) is 25.9 Å². The summed E-state index contributed by atoms with van der Waals surface area (Å²) >= 11 is 0. The van der Waals surface area contributed by atoms with Crippen LogP contribution in [0.25, 0.3) is 0 Å². The third kappa shape index (κ3) is 3.44. The van der Waals surface area contributed by atoms with Crippen LogP contribution in [0.4, 0.5) is 10.5 Å². The zero-order valence-electron chi connectivity index (χ0n) is 15.5. The SMILES string of the molecule is COC(=O)C1CCN(CN2C(=O)[C@H](C)N(c3ccc(C)cc3)C2=O)CC1. The summed E-state index contributed by atoms with van der Waals surface area (Å²) in [6, 6.07) is 6.78. The van der Waals surface area contributed by atoms with Crippen LogP contribution >= 0.6 is 0 Å². The first-order chi connectivity index (χ1) is 12.4. The summed E-state index contributed by atoms with van der Waals surface area (Å²) in [6.07, 6.45) is 1.36. The molecule has 26 heavy (non-hydrogen) atoms. The number of methoxy groups -OCH3 is 1. The maximum atomic E-state index is 12.8. The lowest BCUT2D eigenvalue weighted by Gasteiger charge is -2.32. The molecule has 2 saturated heterocycles. The van der Waals surface area contributed by atoms with E-state index in [9.17, 15) is 14.4 Å². The molecule has 0 unspecified atom stereocenters. The van der Waals surface area contributed by atoms with Gasteiger partial charge >= 0.3 is 12.0 Å². The van der Waals surface area contributed by atoms with Crippen molar-refractivity contribution in [3.8, 4) is 0 Å². The molecule has 0 saturated carbocycles. The van der Waals surface area contributed by atoms with Gasteiger partial charge in [-0.3, -0.25) is 19.4 Å². The normalized spacial score (nSPS) is 22.2. The number of piperidine rings is 1. The summed E-state index contributed by atoms with van der Waals surface area (Å²) in [5.41, 5.74) is 1.83. The zero-order chi connectivity index (χ0) is 18.8. The number of amides is 3. The molecule has 1 aromatic rings. The second-order valence-corrected chi connectivity index (χ2v) is 6.99. The van der Waals surface area contributed by atoms with Crippen LogP contribution in [0.3, 0.4) is 0 Å². The topological polar surface area (TPSA) is 70.2 Å². The van der Waals surface area contributed by atoms with E-state index in [1.54, 1.807) is 11.8 Å². The van der Waals surface area contributed by atoms with Crippen molar-refractivity contribution in [1.82, 2.24) is 9.80 Å². The molecule has 0 aliphatic carbocycles. The number of urea groups is 1. The van der Waals surface area contributed by atoms with Crippen LogP contribution < -0.4 is 4.90 Å². The second-order valence-electron chi connectivity index (χ2n) is 6.99. The lowest BCUT2D eigenvalue weighted by atomic mass is 9.97. The van der Waals surface area contributed by atoms with Gasteiger partial charge in [0.1, 0.15) is 6.04 Å². The Morgan fingerprint density at radius 2 is 1.77 bits per heavy atom. The fraction of sp³-hybridized carbons (Fsp3) is 0.526. The average molecular weight is 359 g/mol. The van der Waals surface area contributed by atoms with E-state index < -0.39 is 6.04 Å². The standard InChI is InChI=1S/C19H25N3O4/c1-13-4-6-16(7-5-13)22-14(2)17(23)21(19(22)25)12-20-10-8-15(9-11-20)18(24)26-3/h4-7,14-15H,8-12H2,1-3H3/t14-/m0/s1. The molecule has 0 aromatic heterocycles. The predicted octanol–water partition coefficient (Wildman–Crippen LogP) is 1.99. The molecule has 1 aromatic carbocycles. The van der Waals surface area contributed by atoms with E-state index in [4.69, 9.17) is 4.74 Å². The molecule has 2 heterocycles. The van der Waals surface area contributed by atoms with Gasteiger partial charge in [-0.2, -0.15) is 0 Å². The number of rotatable bonds is 4. The molecule has 1 atom stereocenters.